The van der Waals surface area contributed by atoms with Gasteiger partial charge in [-0.2, -0.15) is 0 Å². The predicted octanol–water partition coefficient (Wildman–Crippen LogP) is 4.02. The van der Waals surface area contributed by atoms with Crippen molar-refractivity contribution in [3.8, 4) is 23.3 Å². The van der Waals surface area contributed by atoms with Crippen LogP contribution in [0.2, 0.25) is 0 Å². The van der Waals surface area contributed by atoms with Gasteiger partial charge in [0.15, 0.2) is 5.65 Å². The molecule has 0 bridgehead atoms. The maximum Gasteiger partial charge on any atom is 0.300 e. The predicted molar refractivity (Wildman–Crippen MR) is 142 cm³/mol. The van der Waals surface area contributed by atoms with Crippen molar-refractivity contribution in [2.24, 2.45) is 0 Å². The van der Waals surface area contributed by atoms with Crippen LogP contribution in [0.5, 0.6) is 11.5 Å². The van der Waals surface area contributed by atoms with Crippen molar-refractivity contribution in [2.75, 3.05) is 31.3 Å². The lowest BCUT2D eigenvalue weighted by molar-refractivity contribution is -0.111. The molecule has 0 saturated carbocycles. The molecule has 5 aromatic rings. The molecule has 0 fully saturated rings. The minimum absolute atomic E-state index is 0.373. The van der Waals surface area contributed by atoms with E-state index in [9.17, 15) is 4.79 Å². The van der Waals surface area contributed by atoms with Gasteiger partial charge < -0.3 is 15.4 Å². The second-order valence-corrected chi connectivity index (χ2v) is 8.61. The van der Waals surface area contributed by atoms with Crippen molar-refractivity contribution in [1.82, 2.24) is 29.5 Å². The summed E-state index contributed by atoms with van der Waals surface area (Å²) in [4.78, 5) is 22.8. The van der Waals surface area contributed by atoms with Crippen LogP contribution in [-0.4, -0.2) is 56.0 Å². The Hall–Kier alpha value is -5.01. The number of rotatable bonds is 6. The lowest BCUT2D eigenvalue weighted by atomic mass is 10.1. The highest BCUT2D eigenvalue weighted by molar-refractivity contribution is 6.05. The molecule has 1 amide bonds. The zero-order valence-corrected chi connectivity index (χ0v) is 20.6. The third-order valence-corrected chi connectivity index (χ3v) is 5.43. The van der Waals surface area contributed by atoms with Gasteiger partial charge in [-0.3, -0.25) is 14.1 Å². The quantitative estimate of drug-likeness (QED) is 0.342. The first kappa shape index (κ1) is 23.7. The Morgan fingerprint density at radius 3 is 2.78 bits per heavy atom. The molecular weight excluding hydrogens is 468 g/mol. The highest BCUT2D eigenvalue weighted by Gasteiger charge is 2.09. The van der Waals surface area contributed by atoms with Gasteiger partial charge in [0.25, 0.3) is 5.91 Å². The third kappa shape index (κ3) is 5.63. The van der Waals surface area contributed by atoms with Gasteiger partial charge in [0, 0.05) is 29.0 Å². The van der Waals surface area contributed by atoms with Gasteiger partial charge in [0.05, 0.1) is 12.1 Å². The first-order valence-corrected chi connectivity index (χ1v) is 11.5. The number of anilines is 3. The lowest BCUT2D eigenvalue weighted by Crippen LogP contribution is -2.13. The molecule has 10 nitrogen and oxygen atoms in total. The molecule has 5 rings (SSSR count). The minimum Gasteiger partial charge on any atom is -0.457 e. The van der Waals surface area contributed by atoms with E-state index < -0.39 is 0 Å². The van der Waals surface area contributed by atoms with Gasteiger partial charge in [-0.05, 0) is 75.0 Å². The fraction of sp³-hybridized carbons (Fsp3) is 0.148. The van der Waals surface area contributed by atoms with Crippen LogP contribution in [0.25, 0.3) is 16.6 Å². The minimum atomic E-state index is -0.373. The van der Waals surface area contributed by atoms with Crippen LogP contribution < -0.4 is 15.4 Å². The third-order valence-electron chi connectivity index (χ3n) is 5.43. The Bertz CT molecular complexity index is 1670. The maximum absolute atomic E-state index is 12.2. The van der Waals surface area contributed by atoms with Crippen LogP contribution in [0.3, 0.4) is 0 Å². The van der Waals surface area contributed by atoms with Crippen molar-refractivity contribution in [2.45, 2.75) is 6.92 Å². The number of aromatic nitrogens is 5. The van der Waals surface area contributed by atoms with Crippen LogP contribution in [0.15, 0.2) is 67.4 Å². The van der Waals surface area contributed by atoms with E-state index >= 15 is 0 Å². The summed E-state index contributed by atoms with van der Waals surface area (Å²) in [5.41, 5.74) is 3.84. The topological polar surface area (TPSA) is 110 Å². The standard InChI is InChI=1S/C27H24N8O2/c1-18-13-19(7-9-24(18)37-21-10-12-35-17-30-33-25(35)15-21)32-27-22-14-20(6-8-23(22)28-16-29-27)31-26(36)5-4-11-34(2)3/h6-10,12-17H,11H2,1-3H3,(H,31,36)(H,28,29,32). The fourth-order valence-corrected chi connectivity index (χ4v) is 3.64. The molecule has 0 unspecified atom stereocenters. The molecule has 37 heavy (non-hydrogen) atoms. The first-order valence-electron chi connectivity index (χ1n) is 11.5. The zero-order chi connectivity index (χ0) is 25.8. The number of hydrogen-bond donors (Lipinski definition) is 2. The number of hydrogen-bond acceptors (Lipinski definition) is 8. The van der Waals surface area contributed by atoms with E-state index in [4.69, 9.17) is 4.74 Å². The molecule has 0 atom stereocenters. The van der Waals surface area contributed by atoms with Gasteiger partial charge in [-0.1, -0.05) is 5.92 Å². The maximum atomic E-state index is 12.2. The molecule has 0 aliphatic rings. The smallest absolute Gasteiger partial charge is 0.300 e. The van der Waals surface area contributed by atoms with Gasteiger partial charge in [-0.15, -0.1) is 10.2 Å². The molecule has 0 aliphatic heterocycles. The molecular formula is C27H24N8O2. The van der Waals surface area contributed by atoms with Gasteiger partial charge in [0.2, 0.25) is 0 Å². The molecule has 0 spiro atoms. The van der Waals surface area contributed by atoms with E-state index in [-0.39, 0.29) is 5.91 Å². The molecule has 0 radical (unpaired) electrons. The number of carbonyl (C=O) groups excluding carboxylic acids is 1. The number of fused-ring (bicyclic) bond motifs is 2. The van der Waals surface area contributed by atoms with Gasteiger partial charge in [0.1, 0.15) is 30.0 Å². The average molecular weight is 493 g/mol. The van der Waals surface area contributed by atoms with Gasteiger partial charge in [-0.25, -0.2) is 9.97 Å². The van der Waals surface area contributed by atoms with Gasteiger partial charge >= 0.3 is 0 Å². The number of nitrogens with zero attached hydrogens (tertiary/aromatic N) is 6. The summed E-state index contributed by atoms with van der Waals surface area (Å²) < 4.78 is 7.88. The van der Waals surface area contributed by atoms with Crippen LogP contribution in [0.1, 0.15) is 5.56 Å². The summed E-state index contributed by atoms with van der Waals surface area (Å²) >= 11 is 0. The Labute approximate surface area is 213 Å². The number of pyridine rings is 1. The Kier molecular flexibility index (Phi) is 6.61. The van der Waals surface area contributed by atoms with Crippen molar-refractivity contribution in [3.63, 3.8) is 0 Å². The largest absolute Gasteiger partial charge is 0.457 e. The summed E-state index contributed by atoms with van der Waals surface area (Å²) in [5, 5.41) is 14.9. The Morgan fingerprint density at radius 2 is 1.95 bits per heavy atom. The zero-order valence-electron chi connectivity index (χ0n) is 20.6. The summed E-state index contributed by atoms with van der Waals surface area (Å²) in [7, 11) is 3.79. The highest BCUT2D eigenvalue weighted by Crippen LogP contribution is 2.30. The molecule has 2 N–H and O–H groups in total. The van der Waals surface area contributed by atoms with Crippen molar-refractivity contribution < 1.29 is 9.53 Å². The van der Waals surface area contributed by atoms with Crippen LogP contribution >= 0.6 is 0 Å². The van der Waals surface area contributed by atoms with E-state index in [2.05, 4.69) is 42.6 Å². The first-order chi connectivity index (χ1) is 17.9. The number of nitrogens with one attached hydrogen (secondary N) is 2. The normalized spacial score (nSPS) is 10.8. The number of ether oxygens (including phenoxy) is 1. The molecule has 10 heteroatoms. The van der Waals surface area contributed by atoms with Crippen LogP contribution in [0.4, 0.5) is 17.2 Å². The summed E-state index contributed by atoms with van der Waals surface area (Å²) in [6.45, 7) is 2.48. The van der Waals surface area contributed by atoms with Crippen LogP contribution in [0, 0.1) is 18.8 Å². The molecule has 0 aliphatic carbocycles. The summed E-state index contributed by atoms with van der Waals surface area (Å²) in [6, 6.07) is 14.9. The summed E-state index contributed by atoms with van der Waals surface area (Å²) in [5.74, 6) is 7.06. The van der Waals surface area contributed by atoms with Crippen LogP contribution in [-0.2, 0) is 4.79 Å². The molecule has 2 aromatic carbocycles. The molecule has 0 saturated heterocycles. The lowest BCUT2D eigenvalue weighted by Gasteiger charge is -2.13. The molecule has 184 valence electrons. The fourth-order valence-electron chi connectivity index (χ4n) is 3.64. The Balaban J connectivity index is 1.34. The average Bonchev–Trinajstić information content (AvgIpc) is 3.34. The number of carbonyl (C=O) groups is 1. The summed E-state index contributed by atoms with van der Waals surface area (Å²) in [6.07, 6.45) is 4.99. The SMILES string of the molecule is Cc1cc(Nc2ncnc3ccc(NC(=O)C#CCN(C)C)cc23)ccc1Oc1ccn2cnnc2c1. The Morgan fingerprint density at radius 1 is 1.08 bits per heavy atom. The van der Waals surface area contributed by atoms with E-state index in [1.807, 2.05) is 79.0 Å². The number of benzene rings is 2. The van der Waals surface area contributed by atoms with Crippen molar-refractivity contribution in [3.05, 3.63) is 72.9 Å². The van der Waals surface area contributed by atoms with Crippen molar-refractivity contribution in [1.29, 1.82) is 0 Å². The second-order valence-electron chi connectivity index (χ2n) is 8.61. The van der Waals surface area contributed by atoms with E-state index in [1.165, 1.54) is 6.33 Å². The second kappa shape index (κ2) is 10.3. The number of amides is 1. The highest BCUT2D eigenvalue weighted by atomic mass is 16.5. The molecule has 3 aromatic heterocycles. The monoisotopic (exact) mass is 492 g/mol. The van der Waals surface area contributed by atoms with E-state index in [1.54, 1.807) is 12.4 Å². The number of aryl methyl sites for hydroxylation is 1. The van der Waals surface area contributed by atoms with E-state index in [0.29, 0.717) is 29.4 Å². The van der Waals surface area contributed by atoms with Crippen molar-refractivity contribution >= 4 is 39.6 Å². The molecule has 3 heterocycles. The van der Waals surface area contributed by atoms with E-state index in [0.717, 1.165) is 27.9 Å².